The summed E-state index contributed by atoms with van der Waals surface area (Å²) in [6.45, 7) is 5.07. The smallest absolute Gasteiger partial charge is 0.0755 e. The topological polar surface area (TPSA) is 30.5 Å². The first kappa shape index (κ1) is 15.3. The van der Waals surface area contributed by atoms with Crippen LogP contribution in [0.5, 0.6) is 0 Å². The third-order valence-electron chi connectivity index (χ3n) is 4.88. The number of nitrogens with one attached hydrogen (secondary N) is 1. The molecule has 3 atom stereocenters. The molecule has 1 aliphatic heterocycles. The quantitative estimate of drug-likeness (QED) is 0.804. The van der Waals surface area contributed by atoms with Gasteiger partial charge in [0.05, 0.1) is 12.7 Å². The maximum atomic E-state index is 5.94. The van der Waals surface area contributed by atoms with Crippen molar-refractivity contribution in [1.82, 2.24) is 5.32 Å². The largest absolute Gasteiger partial charge is 0.381 e. The zero-order valence-electron chi connectivity index (χ0n) is 12.7. The molecule has 2 rings (SSSR count). The number of likely N-dealkylation sites (N-methyl/N-ethyl adjacent to an activating group) is 1. The van der Waals surface area contributed by atoms with E-state index in [1.165, 1.54) is 44.9 Å². The molecule has 3 nitrogen and oxygen atoms in total. The Labute approximate surface area is 118 Å². The first-order valence-electron chi connectivity index (χ1n) is 8.20. The summed E-state index contributed by atoms with van der Waals surface area (Å²) in [5.41, 5.74) is 0. The lowest BCUT2D eigenvalue weighted by Crippen LogP contribution is -2.51. The van der Waals surface area contributed by atoms with Gasteiger partial charge in [-0.1, -0.05) is 26.2 Å². The Morgan fingerprint density at radius 3 is 2.42 bits per heavy atom. The van der Waals surface area contributed by atoms with Crippen molar-refractivity contribution in [3.8, 4) is 0 Å². The predicted molar refractivity (Wildman–Crippen MR) is 78.4 cm³/mol. The summed E-state index contributed by atoms with van der Waals surface area (Å²) >= 11 is 0. The first-order valence-corrected chi connectivity index (χ1v) is 8.20. The number of ether oxygens (including phenoxy) is 2. The summed E-state index contributed by atoms with van der Waals surface area (Å²) in [6.07, 6.45) is 9.70. The van der Waals surface area contributed by atoms with E-state index in [1.807, 2.05) is 7.11 Å². The third kappa shape index (κ3) is 4.17. The second-order valence-electron chi connectivity index (χ2n) is 6.16. The van der Waals surface area contributed by atoms with E-state index in [4.69, 9.17) is 9.47 Å². The average Bonchev–Trinajstić information content (AvgIpc) is 2.49. The molecule has 0 aromatic carbocycles. The highest BCUT2D eigenvalue weighted by atomic mass is 16.5. The summed E-state index contributed by atoms with van der Waals surface area (Å²) in [5, 5.41) is 3.70. The van der Waals surface area contributed by atoms with Crippen molar-refractivity contribution in [2.45, 2.75) is 64.0 Å². The minimum atomic E-state index is 0.368. The molecule has 112 valence electrons. The summed E-state index contributed by atoms with van der Waals surface area (Å²) in [6, 6.07) is 0.471. The molecule has 0 amide bonds. The zero-order valence-corrected chi connectivity index (χ0v) is 12.7. The van der Waals surface area contributed by atoms with Crippen molar-refractivity contribution in [3.05, 3.63) is 0 Å². The van der Waals surface area contributed by atoms with E-state index in [-0.39, 0.29) is 0 Å². The fraction of sp³-hybridized carbons (Fsp3) is 1.00. The molecule has 0 aromatic rings. The molecule has 2 fully saturated rings. The van der Waals surface area contributed by atoms with Crippen LogP contribution in [-0.4, -0.2) is 39.0 Å². The second-order valence-corrected chi connectivity index (χ2v) is 6.16. The minimum absolute atomic E-state index is 0.368. The lowest BCUT2D eigenvalue weighted by atomic mass is 9.78. The van der Waals surface area contributed by atoms with Crippen LogP contribution in [0.1, 0.15) is 51.9 Å². The molecular formula is C16H31NO2. The van der Waals surface area contributed by atoms with E-state index in [1.54, 1.807) is 0 Å². The molecule has 1 heterocycles. The summed E-state index contributed by atoms with van der Waals surface area (Å²) < 4.78 is 11.6. The van der Waals surface area contributed by atoms with Crippen molar-refractivity contribution in [2.24, 2.45) is 11.8 Å². The molecule has 19 heavy (non-hydrogen) atoms. The highest BCUT2D eigenvalue weighted by molar-refractivity contribution is 4.90. The highest BCUT2D eigenvalue weighted by Gasteiger charge is 2.35. The number of hydrogen-bond donors (Lipinski definition) is 1. The van der Waals surface area contributed by atoms with Crippen LogP contribution < -0.4 is 5.32 Å². The normalized spacial score (nSPS) is 29.1. The van der Waals surface area contributed by atoms with Crippen molar-refractivity contribution >= 4 is 0 Å². The molecule has 0 radical (unpaired) electrons. The molecule has 1 aliphatic carbocycles. The minimum Gasteiger partial charge on any atom is -0.381 e. The highest BCUT2D eigenvalue weighted by Crippen LogP contribution is 2.32. The molecule has 2 aliphatic rings. The van der Waals surface area contributed by atoms with Crippen LogP contribution in [0.2, 0.25) is 0 Å². The zero-order chi connectivity index (χ0) is 13.5. The van der Waals surface area contributed by atoms with Crippen LogP contribution in [0.15, 0.2) is 0 Å². The van der Waals surface area contributed by atoms with E-state index in [9.17, 15) is 0 Å². The molecule has 3 unspecified atom stereocenters. The number of rotatable bonds is 6. The van der Waals surface area contributed by atoms with Gasteiger partial charge in [0, 0.05) is 25.7 Å². The molecule has 3 heteroatoms. The fourth-order valence-electron chi connectivity index (χ4n) is 3.93. The fourth-order valence-corrected chi connectivity index (χ4v) is 3.93. The van der Waals surface area contributed by atoms with Gasteiger partial charge in [-0.2, -0.15) is 0 Å². The van der Waals surface area contributed by atoms with Gasteiger partial charge < -0.3 is 14.8 Å². The van der Waals surface area contributed by atoms with E-state index in [0.717, 1.165) is 25.7 Å². The maximum absolute atomic E-state index is 5.94. The standard InChI is InChI=1S/C16H31NO2/c1-3-17-15(14-10-7-11-19-12-14)16(18-2)13-8-5-4-6-9-13/h13-17H,3-12H2,1-2H3. The average molecular weight is 269 g/mol. The second kappa shape index (κ2) is 8.23. The molecule has 0 aromatic heterocycles. The van der Waals surface area contributed by atoms with Crippen molar-refractivity contribution in [1.29, 1.82) is 0 Å². The Morgan fingerprint density at radius 1 is 1.11 bits per heavy atom. The van der Waals surface area contributed by atoms with E-state index >= 15 is 0 Å². The lowest BCUT2D eigenvalue weighted by molar-refractivity contribution is -0.0388. The van der Waals surface area contributed by atoms with Gasteiger partial charge >= 0.3 is 0 Å². The van der Waals surface area contributed by atoms with Crippen LogP contribution in [0.4, 0.5) is 0 Å². The lowest BCUT2D eigenvalue weighted by Gasteiger charge is -2.40. The molecule has 1 saturated heterocycles. The van der Waals surface area contributed by atoms with Crippen LogP contribution in [0.3, 0.4) is 0 Å². The maximum Gasteiger partial charge on any atom is 0.0755 e. The van der Waals surface area contributed by atoms with E-state index in [2.05, 4.69) is 12.2 Å². The molecule has 1 N–H and O–H groups in total. The number of hydrogen-bond acceptors (Lipinski definition) is 3. The molecule has 1 saturated carbocycles. The third-order valence-corrected chi connectivity index (χ3v) is 4.88. The Kier molecular flexibility index (Phi) is 6.62. The monoisotopic (exact) mass is 269 g/mol. The van der Waals surface area contributed by atoms with Gasteiger partial charge in [-0.3, -0.25) is 0 Å². The SMILES string of the molecule is CCNC(C1CCCOC1)C(OC)C1CCCCC1. The molecule has 0 spiro atoms. The van der Waals surface area contributed by atoms with Crippen LogP contribution in [0.25, 0.3) is 0 Å². The Bertz CT molecular complexity index is 235. The van der Waals surface area contributed by atoms with Gasteiger partial charge in [-0.05, 0) is 38.1 Å². The van der Waals surface area contributed by atoms with Crippen LogP contribution >= 0.6 is 0 Å². The first-order chi connectivity index (χ1) is 9.36. The molecular weight excluding hydrogens is 238 g/mol. The number of methoxy groups -OCH3 is 1. The van der Waals surface area contributed by atoms with E-state index < -0.39 is 0 Å². The van der Waals surface area contributed by atoms with Crippen molar-refractivity contribution in [2.75, 3.05) is 26.9 Å². The van der Waals surface area contributed by atoms with Crippen LogP contribution in [-0.2, 0) is 9.47 Å². The molecule has 0 bridgehead atoms. The van der Waals surface area contributed by atoms with Gasteiger partial charge in [-0.25, -0.2) is 0 Å². The summed E-state index contributed by atoms with van der Waals surface area (Å²) in [5.74, 6) is 1.37. The van der Waals surface area contributed by atoms with Gasteiger partial charge in [0.15, 0.2) is 0 Å². The van der Waals surface area contributed by atoms with Crippen molar-refractivity contribution in [3.63, 3.8) is 0 Å². The van der Waals surface area contributed by atoms with E-state index in [0.29, 0.717) is 18.1 Å². The predicted octanol–water partition coefficient (Wildman–Crippen LogP) is 2.99. The summed E-state index contributed by atoms with van der Waals surface area (Å²) in [7, 11) is 1.90. The van der Waals surface area contributed by atoms with Gasteiger partial charge in [0.25, 0.3) is 0 Å². The van der Waals surface area contributed by atoms with Gasteiger partial charge in [0.1, 0.15) is 0 Å². The van der Waals surface area contributed by atoms with Crippen LogP contribution in [0, 0.1) is 11.8 Å². The summed E-state index contributed by atoms with van der Waals surface area (Å²) in [4.78, 5) is 0. The van der Waals surface area contributed by atoms with Crippen molar-refractivity contribution < 1.29 is 9.47 Å². The Hall–Kier alpha value is -0.120. The Balaban J connectivity index is 2.00. The van der Waals surface area contributed by atoms with Gasteiger partial charge in [0.2, 0.25) is 0 Å². The van der Waals surface area contributed by atoms with Gasteiger partial charge in [-0.15, -0.1) is 0 Å². The Morgan fingerprint density at radius 2 is 1.84 bits per heavy atom.